The molecule has 0 amide bonds. The van der Waals surface area contributed by atoms with Crippen molar-refractivity contribution in [2.24, 2.45) is 0 Å². The number of allylic oxidation sites excluding steroid dienone is 5. The molecule has 1 heteroatoms. The summed E-state index contributed by atoms with van der Waals surface area (Å²) in [7, 11) is 0. The number of benzene rings is 1. The minimum absolute atomic E-state index is 0.505. The van der Waals surface area contributed by atoms with Gasteiger partial charge in [0.1, 0.15) is 0 Å². The average molecular weight is 252 g/mol. The third kappa shape index (κ3) is 1.85. The van der Waals surface area contributed by atoms with Gasteiger partial charge in [-0.3, -0.25) is 0 Å². The molecular formula is C17H16S. The first-order valence-corrected chi connectivity index (χ1v) is 7.19. The summed E-state index contributed by atoms with van der Waals surface area (Å²) in [6, 6.07) is 6.88. The predicted molar refractivity (Wildman–Crippen MR) is 82.2 cm³/mol. The Morgan fingerprint density at radius 3 is 2.94 bits per heavy atom. The van der Waals surface area contributed by atoms with Crippen molar-refractivity contribution in [3.8, 4) is 0 Å². The summed E-state index contributed by atoms with van der Waals surface area (Å²) in [5.74, 6) is 0.505. The Hall–Kier alpha value is -1.60. The lowest BCUT2D eigenvalue weighted by atomic mass is 9.97. The minimum Gasteiger partial charge on any atom is -0.144 e. The van der Waals surface area contributed by atoms with Crippen LogP contribution < -0.4 is 0 Å². The van der Waals surface area contributed by atoms with Gasteiger partial charge in [0.2, 0.25) is 0 Å². The van der Waals surface area contributed by atoms with Crippen LogP contribution in [0.5, 0.6) is 0 Å². The highest BCUT2D eigenvalue weighted by molar-refractivity contribution is 7.17. The molecule has 1 aromatic heterocycles. The molecule has 1 aromatic carbocycles. The second-order valence-corrected chi connectivity index (χ2v) is 5.64. The summed E-state index contributed by atoms with van der Waals surface area (Å²) in [6.45, 7) is 4.33. The van der Waals surface area contributed by atoms with E-state index in [2.05, 4.69) is 60.9 Å². The zero-order chi connectivity index (χ0) is 12.5. The first-order valence-electron chi connectivity index (χ1n) is 6.31. The minimum atomic E-state index is 0.505. The van der Waals surface area contributed by atoms with Crippen molar-refractivity contribution in [2.45, 2.75) is 19.8 Å². The van der Waals surface area contributed by atoms with Crippen LogP contribution in [0.1, 0.15) is 30.9 Å². The van der Waals surface area contributed by atoms with Crippen LogP contribution in [-0.4, -0.2) is 0 Å². The van der Waals surface area contributed by atoms with E-state index in [0.717, 1.165) is 0 Å². The average Bonchev–Trinajstić information content (AvgIpc) is 2.93. The van der Waals surface area contributed by atoms with Gasteiger partial charge in [-0.1, -0.05) is 37.3 Å². The molecule has 0 spiro atoms. The lowest BCUT2D eigenvalue weighted by molar-refractivity contribution is 0.950. The van der Waals surface area contributed by atoms with Gasteiger partial charge in [0, 0.05) is 10.6 Å². The third-order valence-corrected chi connectivity index (χ3v) is 4.42. The summed E-state index contributed by atoms with van der Waals surface area (Å²) in [6.07, 6.45) is 10.8. The van der Waals surface area contributed by atoms with E-state index in [9.17, 15) is 0 Å². The Labute approximate surface area is 112 Å². The zero-order valence-corrected chi connectivity index (χ0v) is 11.5. The van der Waals surface area contributed by atoms with Gasteiger partial charge < -0.3 is 0 Å². The van der Waals surface area contributed by atoms with Gasteiger partial charge >= 0.3 is 0 Å². The molecule has 0 N–H and O–H groups in total. The van der Waals surface area contributed by atoms with Crippen molar-refractivity contribution in [2.75, 3.05) is 0 Å². The molecule has 1 heterocycles. The van der Waals surface area contributed by atoms with Gasteiger partial charge in [-0.05, 0) is 52.6 Å². The fraction of sp³-hybridized carbons (Fsp3) is 0.176. The maximum atomic E-state index is 2.35. The topological polar surface area (TPSA) is 0 Å². The smallest absolute Gasteiger partial charge is 0.0348 e. The maximum Gasteiger partial charge on any atom is 0.0348 e. The first kappa shape index (κ1) is 11.5. The molecule has 1 aliphatic carbocycles. The van der Waals surface area contributed by atoms with Crippen molar-refractivity contribution < 1.29 is 0 Å². The summed E-state index contributed by atoms with van der Waals surface area (Å²) in [4.78, 5) is 0. The van der Waals surface area contributed by atoms with Gasteiger partial charge in [0.15, 0.2) is 0 Å². The Morgan fingerprint density at radius 1 is 1.22 bits per heavy atom. The highest BCUT2D eigenvalue weighted by atomic mass is 32.1. The molecule has 90 valence electrons. The molecule has 1 atom stereocenters. The SMILES string of the molecule is C/C=C/C=C/C1=Cc2cc3sccc3cc2C1C. The van der Waals surface area contributed by atoms with E-state index in [1.165, 1.54) is 26.8 Å². The van der Waals surface area contributed by atoms with E-state index in [4.69, 9.17) is 0 Å². The van der Waals surface area contributed by atoms with Gasteiger partial charge in [-0.15, -0.1) is 11.3 Å². The van der Waals surface area contributed by atoms with E-state index < -0.39 is 0 Å². The predicted octanol–water partition coefficient (Wildman–Crippen LogP) is 5.53. The van der Waals surface area contributed by atoms with Gasteiger partial charge in [-0.25, -0.2) is 0 Å². The first-order chi connectivity index (χ1) is 8.79. The summed E-state index contributed by atoms with van der Waals surface area (Å²) in [5.41, 5.74) is 4.25. The second-order valence-electron chi connectivity index (χ2n) is 4.69. The van der Waals surface area contributed by atoms with Gasteiger partial charge in [0.05, 0.1) is 0 Å². The van der Waals surface area contributed by atoms with E-state index in [0.29, 0.717) is 5.92 Å². The number of hydrogen-bond donors (Lipinski definition) is 0. The Balaban J connectivity index is 2.03. The number of hydrogen-bond acceptors (Lipinski definition) is 1. The number of thiophene rings is 1. The standard InChI is InChI=1S/C17H16S/c1-3-4-5-6-13-9-15-11-17-14(7-8-18-17)10-16(15)12(13)2/h3-12H,1-2H3/b4-3+,6-5+. The molecule has 1 unspecified atom stereocenters. The van der Waals surface area contributed by atoms with Crippen molar-refractivity contribution in [3.63, 3.8) is 0 Å². The molecule has 0 nitrogen and oxygen atoms in total. The lowest BCUT2D eigenvalue weighted by Crippen LogP contribution is -1.90. The third-order valence-electron chi connectivity index (χ3n) is 3.54. The van der Waals surface area contributed by atoms with Crippen LogP contribution in [-0.2, 0) is 0 Å². The molecule has 0 saturated heterocycles. The fourth-order valence-electron chi connectivity index (χ4n) is 2.50. The Kier molecular flexibility index (Phi) is 2.92. The van der Waals surface area contributed by atoms with E-state index in [1.807, 2.05) is 18.3 Å². The largest absolute Gasteiger partial charge is 0.144 e. The monoisotopic (exact) mass is 252 g/mol. The highest BCUT2D eigenvalue weighted by Crippen LogP contribution is 2.39. The van der Waals surface area contributed by atoms with Gasteiger partial charge in [-0.2, -0.15) is 0 Å². The Bertz CT molecular complexity index is 668. The molecule has 0 bridgehead atoms. The molecule has 1 aliphatic rings. The van der Waals surface area contributed by atoms with Crippen LogP contribution >= 0.6 is 11.3 Å². The van der Waals surface area contributed by atoms with Crippen LogP contribution in [0.25, 0.3) is 16.2 Å². The quantitative estimate of drug-likeness (QED) is 0.616. The fourth-order valence-corrected chi connectivity index (χ4v) is 3.32. The molecule has 3 rings (SSSR count). The molecule has 0 fully saturated rings. The second kappa shape index (κ2) is 4.58. The van der Waals surface area contributed by atoms with E-state index in [1.54, 1.807) is 0 Å². The maximum absolute atomic E-state index is 2.35. The number of rotatable bonds is 2. The van der Waals surface area contributed by atoms with Crippen molar-refractivity contribution >= 4 is 27.5 Å². The molecule has 18 heavy (non-hydrogen) atoms. The molecule has 2 aromatic rings. The lowest BCUT2D eigenvalue weighted by Gasteiger charge is -2.08. The zero-order valence-electron chi connectivity index (χ0n) is 10.7. The van der Waals surface area contributed by atoms with Gasteiger partial charge in [0.25, 0.3) is 0 Å². The van der Waals surface area contributed by atoms with E-state index >= 15 is 0 Å². The summed E-state index contributed by atoms with van der Waals surface area (Å²) < 4.78 is 1.39. The van der Waals surface area contributed by atoms with Crippen LogP contribution in [0.3, 0.4) is 0 Å². The van der Waals surface area contributed by atoms with Crippen molar-refractivity contribution in [1.29, 1.82) is 0 Å². The van der Waals surface area contributed by atoms with E-state index in [-0.39, 0.29) is 0 Å². The van der Waals surface area contributed by atoms with Crippen LogP contribution in [0, 0.1) is 0 Å². The van der Waals surface area contributed by atoms with Crippen LogP contribution in [0.4, 0.5) is 0 Å². The molecule has 0 saturated carbocycles. The highest BCUT2D eigenvalue weighted by Gasteiger charge is 2.20. The molecule has 0 aliphatic heterocycles. The van der Waals surface area contributed by atoms with Crippen LogP contribution in [0.15, 0.2) is 53.5 Å². The van der Waals surface area contributed by atoms with Crippen molar-refractivity contribution in [3.05, 3.63) is 64.6 Å². The van der Waals surface area contributed by atoms with Crippen molar-refractivity contribution in [1.82, 2.24) is 0 Å². The number of fused-ring (bicyclic) bond motifs is 2. The summed E-state index contributed by atoms with van der Waals surface area (Å²) >= 11 is 1.82. The normalized spacial score (nSPS) is 19.0. The van der Waals surface area contributed by atoms with Crippen LogP contribution in [0.2, 0.25) is 0 Å². The summed E-state index contributed by atoms with van der Waals surface area (Å²) in [5, 5.41) is 3.54. The molecule has 0 radical (unpaired) electrons. The Morgan fingerprint density at radius 2 is 2.11 bits per heavy atom. The molecular weight excluding hydrogens is 236 g/mol.